The molecule has 1 atom stereocenters. The highest BCUT2D eigenvalue weighted by atomic mass is 35.5. The van der Waals surface area contributed by atoms with Crippen molar-refractivity contribution in [3.8, 4) is 11.4 Å². The summed E-state index contributed by atoms with van der Waals surface area (Å²) >= 11 is 7.54. The molecule has 0 fully saturated rings. The van der Waals surface area contributed by atoms with Crippen molar-refractivity contribution in [2.24, 2.45) is 0 Å². The van der Waals surface area contributed by atoms with Crippen molar-refractivity contribution in [1.82, 2.24) is 20.2 Å². The third kappa shape index (κ3) is 11.1. The first-order valence-corrected chi connectivity index (χ1v) is 18.1. The van der Waals surface area contributed by atoms with Crippen LogP contribution in [0.15, 0.2) is 78.0 Å². The third-order valence-corrected chi connectivity index (χ3v) is 9.70. The van der Waals surface area contributed by atoms with Gasteiger partial charge in [0.25, 0.3) is 5.91 Å². The van der Waals surface area contributed by atoms with E-state index in [2.05, 4.69) is 27.8 Å². The Labute approximate surface area is 306 Å². The van der Waals surface area contributed by atoms with E-state index < -0.39 is 27.8 Å². The molecule has 0 aliphatic carbocycles. The second kappa shape index (κ2) is 19.6. The molecule has 4 rings (SSSR count). The van der Waals surface area contributed by atoms with Gasteiger partial charge < -0.3 is 19.9 Å². The first kappa shape index (κ1) is 39.0. The van der Waals surface area contributed by atoms with Crippen molar-refractivity contribution in [2.45, 2.75) is 80.5 Å². The average Bonchev–Trinajstić information content (AvgIpc) is 3.61. The second-order valence-corrected chi connectivity index (χ2v) is 13.8. The molecule has 1 amide bonds. The normalized spacial score (nSPS) is 12.1. The van der Waals surface area contributed by atoms with Crippen LogP contribution in [-0.4, -0.2) is 66.9 Å². The Morgan fingerprint density at radius 2 is 1.49 bits per heavy atom. The number of ether oxygens (including phenoxy) is 2. The Morgan fingerprint density at radius 1 is 0.843 bits per heavy atom. The Morgan fingerprint density at radius 3 is 2.16 bits per heavy atom. The topological polar surface area (TPSA) is 163 Å². The van der Waals surface area contributed by atoms with Crippen LogP contribution in [0.5, 0.6) is 5.75 Å². The number of alkyl halides is 1. The highest BCUT2D eigenvalue weighted by Gasteiger charge is 2.47. The lowest BCUT2D eigenvalue weighted by molar-refractivity contribution is -0.115. The maximum absolute atomic E-state index is 14.0. The van der Waals surface area contributed by atoms with E-state index in [9.17, 15) is 24.3 Å². The number of ketones is 1. The van der Waals surface area contributed by atoms with Crippen molar-refractivity contribution in [3.05, 3.63) is 89.5 Å². The van der Waals surface area contributed by atoms with Crippen molar-refractivity contribution in [3.63, 3.8) is 0 Å². The van der Waals surface area contributed by atoms with Gasteiger partial charge >= 0.3 is 11.9 Å². The molecule has 1 unspecified atom stereocenters. The minimum Gasteiger partial charge on any atom is -0.497 e. The highest BCUT2D eigenvalue weighted by Crippen LogP contribution is 2.40. The number of hydrogen-bond donors (Lipinski definition) is 2. The number of unbranched alkanes of at least 4 members (excludes halogenated alkanes) is 9. The number of halogens is 1. The van der Waals surface area contributed by atoms with Crippen molar-refractivity contribution < 1.29 is 33.8 Å². The number of thioether (sulfide) groups is 1. The van der Waals surface area contributed by atoms with Crippen molar-refractivity contribution >= 4 is 52.7 Å². The molecule has 1 heterocycles. The molecule has 12 nitrogen and oxygen atoms in total. The number of carboxylic acid groups (broad SMARTS) is 1. The van der Waals surface area contributed by atoms with E-state index in [-0.39, 0.29) is 39.8 Å². The number of amides is 1. The standard InChI is InChI=1S/C37H42ClN5O7S/c1-3-4-5-6-7-8-9-10-11-12-23-50-34(47)28-16-13-17-29(24-28)39-35(48)37(38,32(44)26-19-21-31(49-2)22-20-26)51-36-40-41-42-43(36)30-18-14-15-27(25-30)33(45)46/h13-22,24-25H,3-12,23H2,1-2H3,(H,39,48)(H,45,46). The van der Waals surface area contributed by atoms with Gasteiger partial charge in [0.15, 0.2) is 0 Å². The number of nitrogens with one attached hydrogen (secondary N) is 1. The fraction of sp³-hybridized carbons (Fsp3) is 0.378. The van der Waals surface area contributed by atoms with Gasteiger partial charge in [0, 0.05) is 11.3 Å². The van der Waals surface area contributed by atoms with Crippen LogP contribution in [0.3, 0.4) is 0 Å². The minimum atomic E-state index is -2.36. The van der Waals surface area contributed by atoms with Gasteiger partial charge in [0.2, 0.25) is 15.1 Å². The van der Waals surface area contributed by atoms with Gasteiger partial charge in [0.05, 0.1) is 30.5 Å². The van der Waals surface area contributed by atoms with Gasteiger partial charge in [-0.3, -0.25) is 9.59 Å². The Bertz CT molecular complexity index is 1780. The maximum atomic E-state index is 14.0. The summed E-state index contributed by atoms with van der Waals surface area (Å²) in [4.78, 5) is 52.4. The quantitative estimate of drug-likeness (QED) is 0.0213. The lowest BCUT2D eigenvalue weighted by Gasteiger charge is -2.24. The van der Waals surface area contributed by atoms with E-state index in [0.29, 0.717) is 17.5 Å². The number of methoxy groups -OCH3 is 1. The fourth-order valence-corrected chi connectivity index (χ4v) is 6.47. The molecule has 0 saturated heterocycles. The number of Topliss-reactive ketones (excluding diaryl/α,β-unsaturated/α-hetero) is 1. The Kier molecular flexibility index (Phi) is 15.0. The van der Waals surface area contributed by atoms with E-state index in [4.69, 9.17) is 21.1 Å². The summed E-state index contributed by atoms with van der Waals surface area (Å²) in [6.45, 7) is 2.50. The number of benzene rings is 3. The zero-order valence-corrected chi connectivity index (χ0v) is 30.3. The van der Waals surface area contributed by atoms with Crippen LogP contribution in [0.1, 0.15) is 102 Å². The van der Waals surface area contributed by atoms with E-state index in [0.717, 1.165) is 19.3 Å². The number of carbonyl (C=O) groups excluding carboxylic acids is 3. The van der Waals surface area contributed by atoms with E-state index in [1.54, 1.807) is 36.4 Å². The highest BCUT2D eigenvalue weighted by molar-refractivity contribution is 8.03. The van der Waals surface area contributed by atoms with E-state index in [1.807, 2.05) is 0 Å². The van der Waals surface area contributed by atoms with Crippen molar-refractivity contribution in [1.29, 1.82) is 0 Å². The average molecular weight is 736 g/mol. The van der Waals surface area contributed by atoms with Crippen LogP contribution in [-0.2, 0) is 9.53 Å². The van der Waals surface area contributed by atoms with Gasteiger partial charge in [-0.2, -0.15) is 4.68 Å². The lowest BCUT2D eigenvalue weighted by atomic mass is 10.1. The molecular formula is C37H42ClN5O7S. The molecule has 2 N–H and O–H groups in total. The summed E-state index contributed by atoms with van der Waals surface area (Å²) in [5.74, 6) is -2.92. The number of hydrogen-bond acceptors (Lipinski definition) is 10. The molecule has 0 spiro atoms. The van der Waals surface area contributed by atoms with Crippen LogP contribution < -0.4 is 10.1 Å². The summed E-state index contributed by atoms with van der Waals surface area (Å²) in [6.07, 6.45) is 11.7. The third-order valence-electron chi connectivity index (χ3n) is 8.03. The van der Waals surface area contributed by atoms with Crippen LogP contribution in [0.2, 0.25) is 0 Å². The number of nitrogens with zero attached hydrogens (tertiary/aromatic N) is 4. The first-order chi connectivity index (χ1) is 24.7. The largest absolute Gasteiger partial charge is 0.497 e. The molecule has 0 bridgehead atoms. The fourth-order valence-electron chi connectivity index (χ4n) is 5.20. The van der Waals surface area contributed by atoms with Crippen molar-refractivity contribution in [2.75, 3.05) is 19.0 Å². The molecule has 3 aromatic carbocycles. The second-order valence-electron chi connectivity index (χ2n) is 11.8. The number of esters is 1. The van der Waals surface area contributed by atoms with E-state index >= 15 is 0 Å². The van der Waals surface area contributed by atoms with E-state index in [1.165, 1.54) is 93.1 Å². The van der Waals surface area contributed by atoms with Crippen LogP contribution in [0.4, 0.5) is 5.69 Å². The van der Waals surface area contributed by atoms with Gasteiger partial charge in [-0.25, -0.2) is 9.59 Å². The minimum absolute atomic E-state index is 0.0231. The number of anilines is 1. The monoisotopic (exact) mass is 735 g/mol. The zero-order chi connectivity index (χ0) is 36.6. The summed E-state index contributed by atoms with van der Waals surface area (Å²) < 4.78 is 9.49. The molecule has 14 heteroatoms. The zero-order valence-electron chi connectivity index (χ0n) is 28.7. The predicted molar refractivity (Wildman–Crippen MR) is 195 cm³/mol. The molecule has 1 aromatic heterocycles. The number of aromatic carboxylic acids is 1. The van der Waals surface area contributed by atoms with Gasteiger partial charge in [-0.05, 0) is 89.3 Å². The summed E-state index contributed by atoms with van der Waals surface area (Å²) in [5.41, 5.74) is 0.768. The number of carboxylic acids is 1. The lowest BCUT2D eigenvalue weighted by Crippen LogP contribution is -2.42. The molecule has 270 valence electrons. The Hall–Kier alpha value is -4.75. The van der Waals surface area contributed by atoms with Crippen LogP contribution in [0, 0.1) is 0 Å². The SMILES string of the molecule is CCCCCCCCCCCCOC(=O)c1cccc(NC(=O)C(Cl)(Sc2nnnn2-c2cccc(C(=O)O)c2)C(=O)c2ccc(OC)cc2)c1. The number of aromatic nitrogens is 4. The number of carbonyl (C=O) groups is 4. The predicted octanol–water partition coefficient (Wildman–Crippen LogP) is 8.00. The molecule has 0 radical (unpaired) electrons. The summed E-state index contributed by atoms with van der Waals surface area (Å²) in [7, 11) is 1.48. The maximum Gasteiger partial charge on any atom is 0.338 e. The molecule has 0 saturated carbocycles. The van der Waals surface area contributed by atoms with Gasteiger partial charge in [-0.15, -0.1) is 5.10 Å². The van der Waals surface area contributed by atoms with Crippen LogP contribution in [0.25, 0.3) is 5.69 Å². The van der Waals surface area contributed by atoms with Gasteiger partial charge in [-0.1, -0.05) is 88.4 Å². The summed E-state index contributed by atoms with van der Waals surface area (Å²) in [5, 5.41) is 23.6. The molecule has 0 aliphatic rings. The molecule has 0 aliphatic heterocycles. The van der Waals surface area contributed by atoms with Crippen LogP contribution >= 0.6 is 23.4 Å². The molecule has 51 heavy (non-hydrogen) atoms. The number of rotatable bonds is 21. The smallest absolute Gasteiger partial charge is 0.338 e. The molecule has 4 aromatic rings. The Balaban J connectivity index is 1.46. The first-order valence-electron chi connectivity index (χ1n) is 16.9. The molecular weight excluding hydrogens is 694 g/mol. The summed E-state index contributed by atoms with van der Waals surface area (Å²) in [6, 6.07) is 18.0. The number of tetrazole rings is 1. The van der Waals surface area contributed by atoms with Gasteiger partial charge in [0.1, 0.15) is 5.75 Å².